The molecule has 1 fully saturated rings. The number of rotatable bonds is 5. The highest BCUT2D eigenvalue weighted by Gasteiger charge is 2.51. The Bertz CT molecular complexity index is 630. The van der Waals surface area contributed by atoms with E-state index < -0.39 is 42.4 Å². The molecule has 1 aromatic heterocycles. The summed E-state index contributed by atoms with van der Waals surface area (Å²) in [5.74, 6) is -1.46. The van der Waals surface area contributed by atoms with Crippen LogP contribution in [-0.2, 0) is 33.3 Å². The van der Waals surface area contributed by atoms with Crippen LogP contribution in [0.2, 0.25) is 0 Å². The van der Waals surface area contributed by atoms with Crippen LogP contribution in [0, 0.1) is 6.92 Å². The fourth-order valence-corrected chi connectivity index (χ4v) is 2.34. The van der Waals surface area contributed by atoms with Gasteiger partial charge in [-0.15, -0.1) is 0 Å². The molecule has 1 aliphatic heterocycles. The first-order valence-corrected chi connectivity index (χ1v) is 7.14. The third-order valence-electron chi connectivity index (χ3n) is 3.16. The Morgan fingerprint density at radius 3 is 2.29 bits per heavy atom. The minimum Gasteiger partial charge on any atom is -0.463 e. The van der Waals surface area contributed by atoms with Gasteiger partial charge in [0.05, 0.1) is 0 Å². The number of nitrogens with zero attached hydrogens (tertiary/aromatic N) is 3. The molecule has 0 aliphatic carbocycles. The van der Waals surface area contributed by atoms with Crippen molar-refractivity contribution in [1.82, 2.24) is 14.8 Å². The van der Waals surface area contributed by atoms with Crippen molar-refractivity contribution >= 4 is 17.9 Å². The summed E-state index contributed by atoms with van der Waals surface area (Å²) in [6, 6.07) is 0. The molecule has 0 spiro atoms. The van der Waals surface area contributed by atoms with Crippen molar-refractivity contribution in [3.63, 3.8) is 0 Å². The molecule has 0 unspecified atom stereocenters. The van der Waals surface area contributed by atoms with Crippen LogP contribution in [0.25, 0.3) is 0 Å². The van der Waals surface area contributed by atoms with Gasteiger partial charge in [-0.3, -0.25) is 14.4 Å². The summed E-state index contributed by atoms with van der Waals surface area (Å²) in [6.45, 7) is 7.08. The smallest absolute Gasteiger partial charge is 0.303 e. The van der Waals surface area contributed by atoms with E-state index in [1.807, 2.05) is 0 Å². The second-order valence-corrected chi connectivity index (χ2v) is 5.16. The summed E-state index contributed by atoms with van der Waals surface area (Å²) in [6.07, 6.45) is -2.32. The van der Waals surface area contributed by atoms with Crippen molar-refractivity contribution in [3.05, 3.63) is 19.1 Å². The zero-order chi connectivity index (χ0) is 17.9. The van der Waals surface area contributed by atoms with Gasteiger partial charge < -0.3 is 18.9 Å². The average molecular weight is 340 g/mol. The molecule has 0 amide bonds. The van der Waals surface area contributed by atoms with Crippen molar-refractivity contribution in [2.24, 2.45) is 0 Å². The Morgan fingerprint density at radius 2 is 1.79 bits per heavy atom. The number of ether oxygens (including phenoxy) is 4. The lowest BCUT2D eigenvalue weighted by molar-refractivity contribution is -0.166. The molecule has 1 aliphatic rings. The number of hydrogen-bond acceptors (Lipinski definition) is 9. The highest BCUT2D eigenvalue weighted by Crippen LogP contribution is 2.33. The normalized spacial score (nSPS) is 26.0. The molecule has 0 saturated carbocycles. The van der Waals surface area contributed by atoms with Gasteiger partial charge in [-0.05, 0) is 0 Å². The molecule has 131 valence electrons. The first-order chi connectivity index (χ1) is 11.3. The maximum Gasteiger partial charge on any atom is 0.303 e. The average Bonchev–Trinajstić information content (AvgIpc) is 3.01. The molecule has 2 heterocycles. The molecule has 10 heteroatoms. The number of esters is 3. The molecule has 2 rings (SSSR count). The van der Waals surface area contributed by atoms with Crippen LogP contribution in [0.4, 0.5) is 0 Å². The van der Waals surface area contributed by atoms with Gasteiger partial charge >= 0.3 is 17.9 Å². The van der Waals surface area contributed by atoms with E-state index in [1.54, 1.807) is 0 Å². The first-order valence-electron chi connectivity index (χ1n) is 7.14. The van der Waals surface area contributed by atoms with Crippen LogP contribution in [0.15, 0.2) is 6.33 Å². The minimum atomic E-state index is -0.979. The van der Waals surface area contributed by atoms with Gasteiger partial charge in [0.25, 0.3) is 0 Å². The Balaban J connectivity index is 2.29. The number of carbonyl (C=O) groups is 3. The largest absolute Gasteiger partial charge is 0.463 e. The van der Waals surface area contributed by atoms with Crippen molar-refractivity contribution in [2.45, 2.75) is 45.3 Å². The third-order valence-corrected chi connectivity index (χ3v) is 3.16. The predicted molar refractivity (Wildman–Crippen MR) is 76.1 cm³/mol. The highest BCUT2D eigenvalue weighted by molar-refractivity contribution is 5.67. The number of carbonyl (C=O) groups excluding carboxylic acids is 3. The van der Waals surface area contributed by atoms with Gasteiger partial charge in [-0.1, -0.05) is 0 Å². The lowest BCUT2D eigenvalue weighted by Crippen LogP contribution is -2.40. The Hall–Kier alpha value is -2.49. The van der Waals surface area contributed by atoms with Crippen LogP contribution in [0.5, 0.6) is 0 Å². The molecule has 1 radical (unpaired) electrons. The summed E-state index contributed by atoms with van der Waals surface area (Å²) in [5, 5.41) is 4.02. The minimum absolute atomic E-state index is 0.173. The SMILES string of the molecule is [CH2]c1ncn([C@@H]2O[C@H](COC(C)=O)[C@@H](OC(C)=O)[C@H]2OC(C)=O)n1. The van der Waals surface area contributed by atoms with E-state index in [-0.39, 0.29) is 12.4 Å². The number of aromatic nitrogens is 3. The van der Waals surface area contributed by atoms with Gasteiger partial charge in [0.2, 0.25) is 0 Å². The van der Waals surface area contributed by atoms with Gasteiger partial charge in [-0.2, -0.15) is 5.10 Å². The van der Waals surface area contributed by atoms with Crippen molar-refractivity contribution < 1.29 is 33.3 Å². The Kier molecular flexibility index (Phi) is 5.50. The maximum atomic E-state index is 11.4. The van der Waals surface area contributed by atoms with Gasteiger partial charge in [-0.25, -0.2) is 9.67 Å². The molecule has 0 N–H and O–H groups in total. The van der Waals surface area contributed by atoms with Gasteiger partial charge in [0, 0.05) is 27.7 Å². The van der Waals surface area contributed by atoms with Crippen molar-refractivity contribution in [3.8, 4) is 0 Å². The molecule has 0 aromatic carbocycles. The molecule has 0 bridgehead atoms. The van der Waals surface area contributed by atoms with E-state index >= 15 is 0 Å². The summed E-state index contributed by atoms with van der Waals surface area (Å²) < 4.78 is 22.4. The van der Waals surface area contributed by atoms with Crippen molar-refractivity contribution in [2.75, 3.05) is 6.61 Å². The topological polar surface area (TPSA) is 119 Å². The molecule has 1 aromatic rings. The summed E-state index contributed by atoms with van der Waals surface area (Å²) in [4.78, 5) is 37.7. The number of hydrogen-bond donors (Lipinski definition) is 0. The molecular formula is C14H18N3O7. The van der Waals surface area contributed by atoms with Crippen LogP contribution >= 0.6 is 0 Å². The van der Waals surface area contributed by atoms with Crippen LogP contribution in [0.1, 0.15) is 32.8 Å². The second kappa shape index (κ2) is 7.39. The summed E-state index contributed by atoms with van der Waals surface area (Å²) >= 11 is 0. The van der Waals surface area contributed by atoms with Gasteiger partial charge in [0.15, 0.2) is 24.3 Å². The summed E-state index contributed by atoms with van der Waals surface area (Å²) in [7, 11) is 0. The van der Waals surface area contributed by atoms with E-state index in [1.165, 1.54) is 31.8 Å². The Labute approximate surface area is 138 Å². The molecular weight excluding hydrogens is 322 g/mol. The van der Waals surface area contributed by atoms with Crippen LogP contribution in [-0.4, -0.2) is 57.6 Å². The second-order valence-electron chi connectivity index (χ2n) is 5.16. The lowest BCUT2D eigenvalue weighted by atomic mass is 10.1. The van der Waals surface area contributed by atoms with E-state index in [0.717, 1.165) is 0 Å². The first kappa shape index (κ1) is 17.9. The lowest BCUT2D eigenvalue weighted by Gasteiger charge is -2.23. The third kappa shape index (κ3) is 4.28. The van der Waals surface area contributed by atoms with Gasteiger partial charge in [0.1, 0.15) is 19.0 Å². The summed E-state index contributed by atoms with van der Waals surface area (Å²) in [5.41, 5.74) is 0. The standard InChI is InChI=1S/C14H18N3O7/c1-7-15-6-17(16-7)14-13(23-10(4)20)12(22-9(3)19)11(24-14)5-21-8(2)18/h6,11-14H,1,5H2,2-4H3/t11-,12-,13-,14-/m1/s1. The molecule has 4 atom stereocenters. The fraction of sp³-hybridized carbons (Fsp3) is 0.571. The van der Waals surface area contributed by atoms with E-state index in [2.05, 4.69) is 17.0 Å². The zero-order valence-corrected chi connectivity index (χ0v) is 13.5. The van der Waals surface area contributed by atoms with E-state index in [4.69, 9.17) is 18.9 Å². The molecule has 10 nitrogen and oxygen atoms in total. The molecule has 24 heavy (non-hydrogen) atoms. The highest BCUT2D eigenvalue weighted by atomic mass is 16.7. The zero-order valence-electron chi connectivity index (χ0n) is 13.5. The monoisotopic (exact) mass is 340 g/mol. The quantitative estimate of drug-likeness (QED) is 0.529. The Morgan fingerprint density at radius 1 is 1.17 bits per heavy atom. The molecule has 1 saturated heterocycles. The van der Waals surface area contributed by atoms with Crippen LogP contribution < -0.4 is 0 Å². The van der Waals surface area contributed by atoms with Crippen LogP contribution in [0.3, 0.4) is 0 Å². The van der Waals surface area contributed by atoms with Crippen molar-refractivity contribution in [1.29, 1.82) is 0 Å². The maximum absolute atomic E-state index is 11.4. The fourth-order valence-electron chi connectivity index (χ4n) is 2.34. The van der Waals surface area contributed by atoms with E-state index in [0.29, 0.717) is 0 Å². The van der Waals surface area contributed by atoms with E-state index in [9.17, 15) is 14.4 Å². The predicted octanol–water partition coefficient (Wildman–Crippen LogP) is -0.216.